The first-order chi connectivity index (χ1) is 11.6. The maximum absolute atomic E-state index is 12.0. The highest BCUT2D eigenvalue weighted by molar-refractivity contribution is 5.91. The van der Waals surface area contributed by atoms with Crippen LogP contribution in [0.1, 0.15) is 5.56 Å². The lowest BCUT2D eigenvalue weighted by molar-refractivity contribution is -0.116. The summed E-state index contributed by atoms with van der Waals surface area (Å²) in [5.41, 5.74) is 0.699. The van der Waals surface area contributed by atoms with Gasteiger partial charge in [-0.1, -0.05) is 12.1 Å². The van der Waals surface area contributed by atoms with Crippen molar-refractivity contribution in [1.29, 1.82) is 0 Å². The number of aromatic nitrogens is 2. The number of nitrogens with one attached hydrogen (secondary N) is 2. The number of rotatable bonds is 8. The number of benzene rings is 1. The fraction of sp³-hybridized carbons (Fsp3) is 0.188. The molecule has 24 heavy (non-hydrogen) atoms. The molecule has 0 aliphatic heterocycles. The first kappa shape index (κ1) is 17.3. The van der Waals surface area contributed by atoms with Crippen LogP contribution in [0.3, 0.4) is 0 Å². The Balaban J connectivity index is 1.70. The smallest absolute Gasteiger partial charge is 0.387 e. The minimum Gasteiger partial charge on any atom is -0.435 e. The Morgan fingerprint density at radius 1 is 1.21 bits per heavy atom. The first-order valence-electron chi connectivity index (χ1n) is 7.14. The van der Waals surface area contributed by atoms with Gasteiger partial charge >= 0.3 is 6.61 Å². The fourth-order valence-electron chi connectivity index (χ4n) is 1.76. The van der Waals surface area contributed by atoms with Crippen molar-refractivity contribution in [2.24, 2.45) is 0 Å². The van der Waals surface area contributed by atoms with Crippen LogP contribution in [0, 0.1) is 0 Å². The van der Waals surface area contributed by atoms with E-state index in [0.29, 0.717) is 24.5 Å². The molecule has 1 aromatic carbocycles. The molecule has 0 saturated heterocycles. The minimum absolute atomic E-state index is 0.0710. The van der Waals surface area contributed by atoms with Crippen molar-refractivity contribution in [2.75, 3.05) is 18.4 Å². The van der Waals surface area contributed by atoms with Gasteiger partial charge in [0.25, 0.3) is 0 Å². The second-order valence-electron chi connectivity index (χ2n) is 4.59. The number of hydrogen-bond acceptors (Lipinski definition) is 5. The third kappa shape index (κ3) is 6.39. The second kappa shape index (κ2) is 9.19. The molecule has 0 bridgehead atoms. The van der Waals surface area contributed by atoms with Gasteiger partial charge in [-0.2, -0.15) is 8.78 Å². The van der Waals surface area contributed by atoms with E-state index in [-0.39, 0.29) is 11.7 Å². The molecular weight excluding hydrogens is 318 g/mol. The number of ether oxygens (including phenoxy) is 1. The van der Waals surface area contributed by atoms with E-state index >= 15 is 0 Å². The van der Waals surface area contributed by atoms with Crippen LogP contribution in [0.15, 0.2) is 48.9 Å². The van der Waals surface area contributed by atoms with Gasteiger partial charge in [-0.15, -0.1) is 0 Å². The summed E-state index contributed by atoms with van der Waals surface area (Å²) in [6.45, 7) is -1.92. The van der Waals surface area contributed by atoms with Gasteiger partial charge in [0.2, 0.25) is 5.91 Å². The van der Waals surface area contributed by atoms with Crippen molar-refractivity contribution in [3.8, 4) is 5.75 Å². The highest BCUT2D eigenvalue weighted by Gasteiger charge is 2.03. The molecule has 1 amide bonds. The Hall–Kier alpha value is -3.03. The van der Waals surface area contributed by atoms with Crippen LogP contribution in [0.4, 0.5) is 14.6 Å². The minimum atomic E-state index is -2.85. The third-order valence-corrected chi connectivity index (χ3v) is 2.83. The molecule has 8 heteroatoms. The zero-order chi connectivity index (χ0) is 17.2. The number of amides is 1. The van der Waals surface area contributed by atoms with Crippen molar-refractivity contribution in [1.82, 2.24) is 15.3 Å². The van der Waals surface area contributed by atoms with E-state index in [0.717, 1.165) is 0 Å². The average molecular weight is 334 g/mol. The van der Waals surface area contributed by atoms with Gasteiger partial charge in [0.05, 0.1) is 6.20 Å². The first-order valence-corrected chi connectivity index (χ1v) is 7.14. The molecule has 0 spiro atoms. The van der Waals surface area contributed by atoms with E-state index < -0.39 is 6.61 Å². The van der Waals surface area contributed by atoms with Crippen LogP contribution < -0.4 is 15.4 Å². The van der Waals surface area contributed by atoms with Gasteiger partial charge in [0.1, 0.15) is 11.6 Å². The molecule has 0 atom stereocenters. The summed E-state index contributed by atoms with van der Waals surface area (Å²) in [5, 5.41) is 5.71. The number of anilines is 1. The summed E-state index contributed by atoms with van der Waals surface area (Å²) in [4.78, 5) is 19.6. The average Bonchev–Trinajstić information content (AvgIpc) is 2.58. The summed E-state index contributed by atoms with van der Waals surface area (Å²) in [6.07, 6.45) is 7.68. The normalized spacial score (nSPS) is 10.8. The molecule has 0 aliphatic rings. The van der Waals surface area contributed by atoms with Crippen LogP contribution in [0.25, 0.3) is 6.08 Å². The number of halogens is 2. The monoisotopic (exact) mass is 334 g/mol. The van der Waals surface area contributed by atoms with E-state index in [2.05, 4.69) is 25.3 Å². The number of hydrogen-bond donors (Lipinski definition) is 2. The molecular formula is C16H16F2N4O2. The highest BCUT2D eigenvalue weighted by atomic mass is 19.3. The van der Waals surface area contributed by atoms with Crippen molar-refractivity contribution >= 4 is 17.8 Å². The molecule has 1 aromatic heterocycles. The fourth-order valence-corrected chi connectivity index (χ4v) is 1.76. The van der Waals surface area contributed by atoms with Crippen LogP contribution in [-0.2, 0) is 4.79 Å². The molecule has 0 radical (unpaired) electrons. The quantitative estimate of drug-likeness (QED) is 0.572. The third-order valence-electron chi connectivity index (χ3n) is 2.83. The van der Waals surface area contributed by atoms with Gasteiger partial charge in [-0.05, 0) is 23.8 Å². The van der Waals surface area contributed by atoms with E-state index in [1.807, 2.05) is 0 Å². The lowest BCUT2D eigenvalue weighted by Gasteiger charge is -2.05. The van der Waals surface area contributed by atoms with Gasteiger partial charge in [-0.3, -0.25) is 9.78 Å². The molecule has 0 saturated carbocycles. The molecule has 2 N–H and O–H groups in total. The van der Waals surface area contributed by atoms with E-state index in [9.17, 15) is 13.6 Å². The Bertz CT molecular complexity index is 664. The lowest BCUT2D eigenvalue weighted by atomic mass is 10.2. The van der Waals surface area contributed by atoms with E-state index in [1.165, 1.54) is 18.2 Å². The van der Waals surface area contributed by atoms with Crippen LogP contribution in [0.5, 0.6) is 5.75 Å². The maximum Gasteiger partial charge on any atom is 0.387 e. The zero-order valence-corrected chi connectivity index (χ0v) is 12.7. The molecule has 2 rings (SSSR count). The predicted octanol–water partition coefficient (Wildman–Crippen LogP) is 2.32. The predicted molar refractivity (Wildman–Crippen MR) is 85.6 cm³/mol. The van der Waals surface area contributed by atoms with E-state index in [1.54, 1.807) is 36.8 Å². The zero-order valence-electron chi connectivity index (χ0n) is 12.7. The number of alkyl halides is 2. The summed E-state index contributed by atoms with van der Waals surface area (Å²) in [5.74, 6) is 0.443. The van der Waals surface area contributed by atoms with Gasteiger partial charge < -0.3 is 15.4 Å². The van der Waals surface area contributed by atoms with Crippen molar-refractivity contribution in [3.63, 3.8) is 0 Å². The SMILES string of the molecule is O=C(/C=C/c1ccc(OC(F)F)cc1)NCCNc1cnccn1. The van der Waals surface area contributed by atoms with Gasteiger partial charge in [0, 0.05) is 31.6 Å². The molecule has 0 unspecified atom stereocenters. The van der Waals surface area contributed by atoms with Gasteiger partial charge in [0.15, 0.2) is 0 Å². The Morgan fingerprint density at radius 3 is 2.67 bits per heavy atom. The Morgan fingerprint density at radius 2 is 2.00 bits per heavy atom. The molecule has 0 aliphatic carbocycles. The van der Waals surface area contributed by atoms with Crippen LogP contribution >= 0.6 is 0 Å². The van der Waals surface area contributed by atoms with Crippen molar-refractivity contribution in [3.05, 3.63) is 54.5 Å². The molecule has 6 nitrogen and oxygen atoms in total. The molecule has 0 fully saturated rings. The highest BCUT2D eigenvalue weighted by Crippen LogP contribution is 2.15. The summed E-state index contributed by atoms with van der Waals surface area (Å²) >= 11 is 0. The van der Waals surface area contributed by atoms with E-state index in [4.69, 9.17) is 0 Å². The Kier molecular flexibility index (Phi) is 6.63. The topological polar surface area (TPSA) is 76.1 Å². The molecule has 2 aromatic rings. The second-order valence-corrected chi connectivity index (χ2v) is 4.59. The lowest BCUT2D eigenvalue weighted by Crippen LogP contribution is -2.27. The summed E-state index contributed by atoms with van der Waals surface area (Å²) in [6, 6.07) is 5.98. The maximum atomic E-state index is 12.0. The summed E-state index contributed by atoms with van der Waals surface area (Å²) in [7, 11) is 0. The largest absolute Gasteiger partial charge is 0.435 e. The standard InChI is InChI=1S/C16H16F2N4O2/c17-16(18)24-13-4-1-12(2-5-13)3-6-15(23)22-10-9-21-14-11-19-7-8-20-14/h1-8,11,16H,9-10H2,(H,20,21)(H,22,23)/b6-3+. The van der Waals surface area contributed by atoms with Crippen molar-refractivity contribution < 1.29 is 18.3 Å². The van der Waals surface area contributed by atoms with Crippen LogP contribution in [0.2, 0.25) is 0 Å². The van der Waals surface area contributed by atoms with Gasteiger partial charge in [-0.25, -0.2) is 4.98 Å². The van der Waals surface area contributed by atoms with Crippen LogP contribution in [-0.4, -0.2) is 35.6 Å². The molecule has 1 heterocycles. The number of carbonyl (C=O) groups is 1. The number of nitrogens with zero attached hydrogens (tertiary/aromatic N) is 2. The summed E-state index contributed by atoms with van der Waals surface area (Å²) < 4.78 is 28.3. The van der Waals surface area contributed by atoms with Crippen molar-refractivity contribution in [2.45, 2.75) is 6.61 Å². The Labute approximate surface area is 137 Å². The number of carbonyl (C=O) groups excluding carboxylic acids is 1. The molecule has 126 valence electrons.